The van der Waals surface area contributed by atoms with Gasteiger partial charge in [0.05, 0.1) is 13.7 Å². The van der Waals surface area contributed by atoms with E-state index in [-0.39, 0.29) is 24.3 Å². The Morgan fingerprint density at radius 2 is 1.90 bits per heavy atom. The number of hydrogen-bond donors (Lipinski definition) is 2. The van der Waals surface area contributed by atoms with Crippen molar-refractivity contribution in [3.05, 3.63) is 66.0 Å². The standard InChI is InChI=1S/C22H23N5O4/c1-3-30-17-11-9-15(13-18(17)29-2)10-12-20(28)31-14-19-25-21(23)27-22(26-19)24-16-7-5-4-6-8-16/h4-13H,3,14H2,1-2H3,(H3,23,24,25,26,27)/b12-10+. The highest BCUT2D eigenvalue weighted by molar-refractivity contribution is 5.87. The number of rotatable bonds is 9. The lowest BCUT2D eigenvalue weighted by atomic mass is 10.2. The summed E-state index contributed by atoms with van der Waals surface area (Å²) >= 11 is 0. The lowest BCUT2D eigenvalue weighted by molar-refractivity contribution is -0.139. The number of ether oxygens (including phenoxy) is 3. The van der Waals surface area contributed by atoms with Gasteiger partial charge in [-0.1, -0.05) is 24.3 Å². The molecule has 0 bridgehead atoms. The third kappa shape index (κ3) is 6.43. The number of methoxy groups -OCH3 is 1. The number of anilines is 3. The predicted molar refractivity (Wildman–Crippen MR) is 117 cm³/mol. The zero-order chi connectivity index (χ0) is 22.1. The van der Waals surface area contributed by atoms with Crippen molar-refractivity contribution in [1.82, 2.24) is 15.0 Å². The number of nitrogens with zero attached hydrogens (tertiary/aromatic N) is 3. The Balaban J connectivity index is 1.60. The van der Waals surface area contributed by atoms with Crippen molar-refractivity contribution < 1.29 is 19.0 Å². The molecule has 0 atom stereocenters. The molecule has 9 heteroatoms. The maximum absolute atomic E-state index is 12.1. The topological polar surface area (TPSA) is 121 Å². The van der Waals surface area contributed by atoms with E-state index in [9.17, 15) is 4.79 Å². The van der Waals surface area contributed by atoms with Crippen LogP contribution in [0.25, 0.3) is 6.08 Å². The third-order valence-corrected chi connectivity index (χ3v) is 3.97. The summed E-state index contributed by atoms with van der Waals surface area (Å²) in [5, 5.41) is 3.02. The lowest BCUT2D eigenvalue weighted by Gasteiger charge is -2.09. The zero-order valence-corrected chi connectivity index (χ0v) is 17.2. The molecule has 1 aromatic heterocycles. The molecule has 2 aromatic carbocycles. The minimum absolute atomic E-state index is 0.0245. The molecule has 0 saturated heterocycles. The lowest BCUT2D eigenvalue weighted by Crippen LogP contribution is -2.10. The van der Waals surface area contributed by atoms with Gasteiger partial charge in [0.15, 0.2) is 23.9 Å². The minimum atomic E-state index is -0.551. The summed E-state index contributed by atoms with van der Waals surface area (Å²) in [7, 11) is 1.56. The van der Waals surface area contributed by atoms with Gasteiger partial charge in [-0.3, -0.25) is 0 Å². The molecule has 0 aliphatic heterocycles. The fourth-order valence-corrected chi connectivity index (χ4v) is 2.62. The van der Waals surface area contributed by atoms with Crippen LogP contribution in [0.4, 0.5) is 17.6 Å². The second kappa shape index (κ2) is 10.6. The Bertz CT molecular complexity index is 1060. The number of carbonyl (C=O) groups excluding carboxylic acids is 1. The first-order valence-corrected chi connectivity index (χ1v) is 9.55. The van der Waals surface area contributed by atoms with E-state index < -0.39 is 5.97 Å². The molecule has 0 aliphatic rings. The van der Waals surface area contributed by atoms with Gasteiger partial charge in [0.1, 0.15) is 0 Å². The minimum Gasteiger partial charge on any atom is -0.493 e. The summed E-state index contributed by atoms with van der Waals surface area (Å²) in [5.41, 5.74) is 7.29. The van der Waals surface area contributed by atoms with E-state index in [1.165, 1.54) is 6.08 Å². The van der Waals surface area contributed by atoms with E-state index in [0.717, 1.165) is 11.3 Å². The quantitative estimate of drug-likeness (QED) is 0.395. The summed E-state index contributed by atoms with van der Waals surface area (Å²) in [6, 6.07) is 14.7. The molecule has 0 unspecified atom stereocenters. The van der Waals surface area contributed by atoms with E-state index >= 15 is 0 Å². The number of nitrogen functional groups attached to an aromatic ring is 1. The van der Waals surface area contributed by atoms with E-state index in [1.54, 1.807) is 25.3 Å². The van der Waals surface area contributed by atoms with Crippen LogP contribution in [0.1, 0.15) is 18.3 Å². The monoisotopic (exact) mass is 421 g/mol. The van der Waals surface area contributed by atoms with Crippen molar-refractivity contribution in [3.8, 4) is 11.5 Å². The van der Waals surface area contributed by atoms with Crippen LogP contribution in [0, 0.1) is 0 Å². The Hall–Kier alpha value is -4.14. The molecule has 0 fully saturated rings. The van der Waals surface area contributed by atoms with Crippen molar-refractivity contribution in [3.63, 3.8) is 0 Å². The number of para-hydroxylation sites is 1. The SMILES string of the molecule is CCOc1ccc(/C=C/C(=O)OCc2nc(N)nc(Nc3ccccc3)n2)cc1OC. The van der Waals surface area contributed by atoms with Crippen LogP contribution < -0.4 is 20.5 Å². The van der Waals surface area contributed by atoms with Crippen LogP contribution in [-0.4, -0.2) is 34.6 Å². The van der Waals surface area contributed by atoms with Crippen LogP contribution in [0.5, 0.6) is 11.5 Å². The summed E-state index contributed by atoms with van der Waals surface area (Å²) in [6.45, 7) is 2.28. The molecule has 0 aliphatic carbocycles. The van der Waals surface area contributed by atoms with Gasteiger partial charge in [-0.15, -0.1) is 0 Å². The maximum Gasteiger partial charge on any atom is 0.331 e. The average Bonchev–Trinajstić information content (AvgIpc) is 2.77. The van der Waals surface area contributed by atoms with Crippen molar-refractivity contribution in [1.29, 1.82) is 0 Å². The molecule has 0 spiro atoms. The first kappa shape index (κ1) is 21.6. The number of benzene rings is 2. The smallest absolute Gasteiger partial charge is 0.331 e. The molecular weight excluding hydrogens is 398 g/mol. The van der Waals surface area contributed by atoms with Crippen LogP contribution in [0.15, 0.2) is 54.6 Å². The number of carbonyl (C=O) groups is 1. The van der Waals surface area contributed by atoms with Crippen molar-refractivity contribution in [2.45, 2.75) is 13.5 Å². The Labute approximate surface area is 179 Å². The number of aromatic nitrogens is 3. The molecule has 0 saturated carbocycles. The van der Waals surface area contributed by atoms with Gasteiger partial charge in [0.25, 0.3) is 0 Å². The third-order valence-electron chi connectivity index (χ3n) is 3.97. The number of nitrogens with one attached hydrogen (secondary N) is 1. The first-order chi connectivity index (χ1) is 15.1. The highest BCUT2D eigenvalue weighted by atomic mass is 16.5. The molecular formula is C22H23N5O4. The maximum atomic E-state index is 12.1. The van der Waals surface area contributed by atoms with Gasteiger partial charge in [-0.25, -0.2) is 4.79 Å². The Kier molecular flexibility index (Phi) is 7.36. The second-order valence-electron chi connectivity index (χ2n) is 6.21. The summed E-state index contributed by atoms with van der Waals surface area (Å²) in [4.78, 5) is 24.4. The van der Waals surface area contributed by atoms with Crippen molar-refractivity contribution in [2.75, 3.05) is 24.8 Å². The van der Waals surface area contributed by atoms with E-state index in [0.29, 0.717) is 18.1 Å². The number of hydrogen-bond acceptors (Lipinski definition) is 9. The molecule has 3 rings (SSSR count). The normalized spacial score (nSPS) is 10.6. The van der Waals surface area contributed by atoms with Gasteiger partial charge >= 0.3 is 5.97 Å². The molecule has 3 N–H and O–H groups in total. The second-order valence-corrected chi connectivity index (χ2v) is 6.21. The first-order valence-electron chi connectivity index (χ1n) is 9.55. The van der Waals surface area contributed by atoms with Gasteiger partial charge in [-0.2, -0.15) is 15.0 Å². The molecule has 9 nitrogen and oxygen atoms in total. The van der Waals surface area contributed by atoms with E-state index in [1.807, 2.05) is 43.3 Å². The zero-order valence-electron chi connectivity index (χ0n) is 17.2. The fraction of sp³-hybridized carbons (Fsp3) is 0.182. The molecule has 0 amide bonds. The fourth-order valence-electron chi connectivity index (χ4n) is 2.62. The molecule has 160 valence electrons. The van der Waals surface area contributed by atoms with Crippen LogP contribution >= 0.6 is 0 Å². The van der Waals surface area contributed by atoms with Crippen LogP contribution in [0.3, 0.4) is 0 Å². The largest absolute Gasteiger partial charge is 0.493 e. The highest BCUT2D eigenvalue weighted by Gasteiger charge is 2.08. The van der Waals surface area contributed by atoms with Crippen molar-refractivity contribution >= 4 is 29.6 Å². The van der Waals surface area contributed by atoms with Crippen LogP contribution in [-0.2, 0) is 16.1 Å². The average molecular weight is 421 g/mol. The number of nitrogens with two attached hydrogens (primary N) is 1. The van der Waals surface area contributed by atoms with E-state index in [4.69, 9.17) is 19.9 Å². The molecule has 1 heterocycles. The Morgan fingerprint density at radius 1 is 1.10 bits per heavy atom. The van der Waals surface area contributed by atoms with Gasteiger partial charge < -0.3 is 25.3 Å². The molecule has 3 aromatic rings. The predicted octanol–water partition coefficient (Wildman–Crippen LogP) is 3.36. The highest BCUT2D eigenvalue weighted by Crippen LogP contribution is 2.28. The molecule has 0 radical (unpaired) electrons. The van der Waals surface area contributed by atoms with E-state index in [2.05, 4.69) is 20.3 Å². The summed E-state index contributed by atoms with van der Waals surface area (Å²) < 4.78 is 16.0. The summed E-state index contributed by atoms with van der Waals surface area (Å²) in [6.07, 6.45) is 2.92. The van der Waals surface area contributed by atoms with Gasteiger partial charge in [0, 0.05) is 11.8 Å². The van der Waals surface area contributed by atoms with Gasteiger partial charge in [-0.05, 0) is 42.8 Å². The molecule has 31 heavy (non-hydrogen) atoms. The van der Waals surface area contributed by atoms with Crippen LogP contribution in [0.2, 0.25) is 0 Å². The summed E-state index contributed by atoms with van der Waals surface area (Å²) in [5.74, 6) is 1.19. The van der Waals surface area contributed by atoms with Crippen molar-refractivity contribution in [2.24, 2.45) is 0 Å². The number of esters is 1. The Morgan fingerprint density at radius 3 is 2.65 bits per heavy atom. The van der Waals surface area contributed by atoms with Gasteiger partial charge in [0.2, 0.25) is 11.9 Å².